The highest BCUT2D eigenvalue weighted by molar-refractivity contribution is 5.86. The van der Waals surface area contributed by atoms with E-state index in [-0.39, 0.29) is 0 Å². The third-order valence-electron chi connectivity index (χ3n) is 4.86. The fourth-order valence-electron chi connectivity index (χ4n) is 3.78. The van der Waals surface area contributed by atoms with Crippen LogP contribution in [0.15, 0.2) is 60.8 Å². The molecule has 4 rings (SSSR count). The van der Waals surface area contributed by atoms with E-state index in [4.69, 9.17) is 0 Å². The molecule has 0 saturated carbocycles. The highest BCUT2D eigenvalue weighted by Crippen LogP contribution is 2.43. The Labute approximate surface area is 138 Å². The van der Waals surface area contributed by atoms with Crippen LogP contribution in [0.1, 0.15) is 25.1 Å². The Morgan fingerprint density at radius 1 is 0.870 bits per heavy atom. The van der Waals surface area contributed by atoms with Crippen molar-refractivity contribution in [2.24, 2.45) is 5.41 Å². The quantitative estimate of drug-likeness (QED) is 0.571. The molecule has 1 aliphatic rings. The van der Waals surface area contributed by atoms with Gasteiger partial charge in [0.25, 0.3) is 0 Å². The Morgan fingerprint density at radius 3 is 2.26 bits per heavy atom. The van der Waals surface area contributed by atoms with E-state index in [0.29, 0.717) is 5.41 Å². The lowest BCUT2D eigenvalue weighted by molar-refractivity contribution is 0.359. The van der Waals surface area contributed by atoms with Crippen molar-refractivity contribution in [1.82, 2.24) is 4.57 Å². The lowest BCUT2D eigenvalue weighted by Crippen LogP contribution is -2.12. The molecule has 0 spiro atoms. The molecule has 0 aliphatic carbocycles. The van der Waals surface area contributed by atoms with E-state index >= 15 is 0 Å². The molecule has 0 amide bonds. The summed E-state index contributed by atoms with van der Waals surface area (Å²) in [6.45, 7) is 7.97. The Bertz CT molecular complexity index is 836. The number of aromatic nitrogens is 1. The van der Waals surface area contributed by atoms with Gasteiger partial charge < -0.3 is 4.57 Å². The minimum atomic E-state index is 0.352. The zero-order valence-electron chi connectivity index (χ0n) is 14.1. The fraction of sp³-hybridized carbons (Fsp3) is 0.273. The van der Waals surface area contributed by atoms with Gasteiger partial charge in [-0.05, 0) is 29.9 Å². The molecule has 116 valence electrons. The molecule has 1 aliphatic heterocycles. The van der Waals surface area contributed by atoms with Gasteiger partial charge in [0.1, 0.15) is 0 Å². The van der Waals surface area contributed by atoms with Gasteiger partial charge in [0, 0.05) is 29.6 Å². The average molecular weight is 301 g/mol. The molecule has 0 fully saturated rings. The molecule has 0 atom stereocenters. The molecule has 1 aromatic heterocycles. The number of rotatable bonds is 2. The summed E-state index contributed by atoms with van der Waals surface area (Å²) in [5, 5.41) is 0. The van der Waals surface area contributed by atoms with Crippen molar-refractivity contribution >= 4 is 0 Å². The first kappa shape index (κ1) is 14.3. The molecule has 2 heterocycles. The van der Waals surface area contributed by atoms with E-state index in [9.17, 15) is 0 Å². The first-order chi connectivity index (χ1) is 11.0. The number of hydrogen-bond donors (Lipinski definition) is 0. The second-order valence-electron chi connectivity index (χ2n) is 7.57. The summed E-state index contributed by atoms with van der Waals surface area (Å²) in [5.74, 6) is 0. The monoisotopic (exact) mass is 301 g/mol. The second-order valence-corrected chi connectivity index (χ2v) is 7.57. The number of fused-ring (bicyclic) bond motifs is 1. The smallest absolute Gasteiger partial charge is 0.0277 e. The van der Waals surface area contributed by atoms with E-state index in [2.05, 4.69) is 86.1 Å². The number of hydrogen-bond acceptors (Lipinski definition) is 0. The van der Waals surface area contributed by atoms with Gasteiger partial charge in [-0.1, -0.05) is 74.0 Å². The van der Waals surface area contributed by atoms with Gasteiger partial charge in [-0.15, -0.1) is 0 Å². The van der Waals surface area contributed by atoms with E-state index in [1.165, 1.54) is 33.5 Å². The van der Waals surface area contributed by atoms with Crippen LogP contribution in [0.25, 0.3) is 22.3 Å². The van der Waals surface area contributed by atoms with Crippen molar-refractivity contribution in [3.05, 3.63) is 72.1 Å². The largest absolute Gasteiger partial charge is 0.350 e. The molecule has 23 heavy (non-hydrogen) atoms. The maximum Gasteiger partial charge on any atom is 0.0277 e. The van der Waals surface area contributed by atoms with Gasteiger partial charge in [-0.25, -0.2) is 0 Å². The van der Waals surface area contributed by atoms with Crippen LogP contribution in [0.5, 0.6) is 0 Å². The van der Waals surface area contributed by atoms with Crippen LogP contribution in [0.3, 0.4) is 0 Å². The Morgan fingerprint density at radius 2 is 1.57 bits per heavy atom. The maximum atomic E-state index is 2.47. The molecule has 1 nitrogen and oxygen atoms in total. The minimum Gasteiger partial charge on any atom is -0.350 e. The van der Waals surface area contributed by atoms with E-state index in [1.54, 1.807) is 0 Å². The predicted molar refractivity (Wildman–Crippen MR) is 97.5 cm³/mol. The van der Waals surface area contributed by atoms with E-state index in [1.807, 2.05) is 0 Å². The molecule has 0 radical (unpaired) electrons. The summed E-state index contributed by atoms with van der Waals surface area (Å²) in [4.78, 5) is 0. The third kappa shape index (κ3) is 2.50. The topological polar surface area (TPSA) is 4.93 Å². The molecule has 0 bridgehead atoms. The second kappa shape index (κ2) is 5.13. The minimum absolute atomic E-state index is 0.352. The SMILES string of the molecule is Cc1ccc(-c2cn3c(c2-c2ccccc2)CC(C)(C)C3)cc1. The molecule has 0 saturated heterocycles. The van der Waals surface area contributed by atoms with Crippen LogP contribution in [-0.2, 0) is 13.0 Å². The van der Waals surface area contributed by atoms with Gasteiger partial charge in [-0.2, -0.15) is 0 Å². The molecule has 1 heteroatoms. The fourth-order valence-corrected chi connectivity index (χ4v) is 3.78. The highest BCUT2D eigenvalue weighted by Gasteiger charge is 2.32. The Hall–Kier alpha value is -2.28. The van der Waals surface area contributed by atoms with Gasteiger partial charge in [-0.3, -0.25) is 0 Å². The van der Waals surface area contributed by atoms with Crippen molar-refractivity contribution in [1.29, 1.82) is 0 Å². The maximum absolute atomic E-state index is 2.47. The van der Waals surface area contributed by atoms with Crippen molar-refractivity contribution in [2.45, 2.75) is 33.7 Å². The van der Waals surface area contributed by atoms with Crippen molar-refractivity contribution in [3.63, 3.8) is 0 Å². The first-order valence-corrected chi connectivity index (χ1v) is 8.38. The number of benzene rings is 2. The van der Waals surface area contributed by atoms with Crippen LogP contribution in [0.2, 0.25) is 0 Å². The zero-order valence-corrected chi connectivity index (χ0v) is 14.1. The van der Waals surface area contributed by atoms with Crippen LogP contribution in [-0.4, -0.2) is 4.57 Å². The van der Waals surface area contributed by atoms with Crippen LogP contribution < -0.4 is 0 Å². The van der Waals surface area contributed by atoms with E-state index < -0.39 is 0 Å². The van der Waals surface area contributed by atoms with Crippen LogP contribution in [0.4, 0.5) is 0 Å². The summed E-state index contributed by atoms with van der Waals surface area (Å²) in [7, 11) is 0. The molecule has 0 unspecified atom stereocenters. The highest BCUT2D eigenvalue weighted by atomic mass is 15.0. The predicted octanol–water partition coefficient (Wildman–Crippen LogP) is 5.71. The molecule has 2 aromatic carbocycles. The summed E-state index contributed by atoms with van der Waals surface area (Å²) in [6.07, 6.45) is 3.50. The Kier molecular flexibility index (Phi) is 3.19. The molecular weight excluding hydrogens is 278 g/mol. The lowest BCUT2D eigenvalue weighted by atomic mass is 9.87. The number of aryl methyl sites for hydroxylation is 1. The average Bonchev–Trinajstić information content (AvgIpc) is 3.00. The Balaban J connectivity index is 1.93. The van der Waals surface area contributed by atoms with Gasteiger partial charge >= 0.3 is 0 Å². The van der Waals surface area contributed by atoms with E-state index in [0.717, 1.165) is 13.0 Å². The zero-order chi connectivity index (χ0) is 16.0. The molecular formula is C22H23N. The standard InChI is InChI=1S/C22H23N/c1-16-9-11-17(12-10-16)19-14-23-15-22(2,3)13-20(23)21(19)18-7-5-4-6-8-18/h4-12,14H,13,15H2,1-3H3. The molecule has 3 aromatic rings. The van der Waals surface area contributed by atoms with Gasteiger partial charge in [0.2, 0.25) is 0 Å². The summed E-state index contributed by atoms with van der Waals surface area (Å²) in [5.41, 5.74) is 8.56. The van der Waals surface area contributed by atoms with Crippen LogP contribution in [0, 0.1) is 12.3 Å². The summed E-state index contributed by atoms with van der Waals surface area (Å²) >= 11 is 0. The first-order valence-electron chi connectivity index (χ1n) is 8.38. The van der Waals surface area contributed by atoms with Crippen molar-refractivity contribution < 1.29 is 0 Å². The van der Waals surface area contributed by atoms with Crippen molar-refractivity contribution in [3.8, 4) is 22.3 Å². The van der Waals surface area contributed by atoms with Gasteiger partial charge in [0.05, 0.1) is 0 Å². The number of nitrogens with zero attached hydrogens (tertiary/aromatic N) is 1. The van der Waals surface area contributed by atoms with Gasteiger partial charge in [0.15, 0.2) is 0 Å². The normalized spacial score (nSPS) is 15.6. The van der Waals surface area contributed by atoms with Crippen LogP contribution >= 0.6 is 0 Å². The third-order valence-corrected chi connectivity index (χ3v) is 4.86. The molecule has 0 N–H and O–H groups in total. The summed E-state index contributed by atoms with van der Waals surface area (Å²) in [6, 6.07) is 19.7. The van der Waals surface area contributed by atoms with Crippen molar-refractivity contribution in [2.75, 3.05) is 0 Å². The summed E-state index contributed by atoms with van der Waals surface area (Å²) < 4.78 is 2.47. The lowest BCUT2D eigenvalue weighted by Gasteiger charge is -2.16.